The molecule has 1 aromatic carbocycles. The molecule has 0 aliphatic rings. The molecule has 0 aliphatic carbocycles. The number of rotatable bonds is 6. The second kappa shape index (κ2) is 6.98. The van der Waals surface area contributed by atoms with Crippen LogP contribution in [-0.4, -0.2) is 12.6 Å². The molecule has 0 saturated carbocycles. The Kier molecular flexibility index (Phi) is 5.93. The molecule has 0 spiro atoms. The molecule has 0 amide bonds. The lowest BCUT2D eigenvalue weighted by Crippen LogP contribution is -2.34. The van der Waals surface area contributed by atoms with E-state index in [0.29, 0.717) is 16.2 Å². The summed E-state index contributed by atoms with van der Waals surface area (Å²) in [6.07, 6.45) is 3.22. The summed E-state index contributed by atoms with van der Waals surface area (Å²) in [5.74, 6) is -0.260. The summed E-state index contributed by atoms with van der Waals surface area (Å²) in [6.45, 7) is 7.35. The fraction of sp³-hybridized carbons (Fsp3) is 0.571. The fourth-order valence-electron chi connectivity index (χ4n) is 1.93. The first-order valence-corrected chi connectivity index (χ1v) is 7.31. The molecule has 0 aromatic heterocycles. The predicted octanol–water partition coefficient (Wildman–Crippen LogP) is 4.58. The number of benzene rings is 1. The van der Waals surface area contributed by atoms with Crippen LogP contribution in [0.25, 0.3) is 0 Å². The van der Waals surface area contributed by atoms with E-state index in [2.05, 4.69) is 41.6 Å². The Morgan fingerprint density at radius 2 is 2.06 bits per heavy atom. The highest BCUT2D eigenvalue weighted by molar-refractivity contribution is 9.10. The topological polar surface area (TPSA) is 29.3 Å². The van der Waals surface area contributed by atoms with Gasteiger partial charge in [0.15, 0.2) is 0 Å². The molecule has 18 heavy (non-hydrogen) atoms. The van der Waals surface area contributed by atoms with E-state index in [1.165, 1.54) is 6.07 Å². The van der Waals surface area contributed by atoms with Gasteiger partial charge >= 0.3 is 0 Å². The van der Waals surface area contributed by atoms with Crippen molar-refractivity contribution >= 4 is 27.3 Å². The molecule has 0 heterocycles. The zero-order valence-corrected chi connectivity index (χ0v) is 12.9. The highest BCUT2D eigenvalue weighted by Gasteiger charge is 2.17. The van der Waals surface area contributed by atoms with Crippen LogP contribution in [-0.2, 0) is 0 Å². The number of anilines is 2. The van der Waals surface area contributed by atoms with Crippen molar-refractivity contribution in [2.45, 2.75) is 46.1 Å². The van der Waals surface area contributed by atoms with E-state index < -0.39 is 0 Å². The van der Waals surface area contributed by atoms with Crippen LogP contribution in [0.4, 0.5) is 15.8 Å². The molecule has 1 rings (SSSR count). The molecular formula is C14H22BrFN2. The van der Waals surface area contributed by atoms with Crippen LogP contribution in [0.2, 0.25) is 0 Å². The third-order valence-electron chi connectivity index (χ3n) is 3.25. The number of halogens is 2. The van der Waals surface area contributed by atoms with Crippen LogP contribution in [0.15, 0.2) is 16.6 Å². The van der Waals surface area contributed by atoms with Gasteiger partial charge < -0.3 is 10.6 Å². The first-order chi connectivity index (χ1) is 8.51. The molecule has 1 unspecified atom stereocenters. The third kappa shape index (κ3) is 3.61. The maximum Gasteiger partial charge on any atom is 0.139 e. The second-order valence-electron chi connectivity index (χ2n) is 4.63. The molecule has 0 saturated heterocycles. The number of nitrogens with two attached hydrogens (primary N) is 1. The molecule has 1 aromatic rings. The van der Waals surface area contributed by atoms with E-state index in [1.54, 1.807) is 6.07 Å². The van der Waals surface area contributed by atoms with E-state index in [0.717, 1.165) is 31.5 Å². The van der Waals surface area contributed by atoms with Crippen molar-refractivity contribution in [2.75, 3.05) is 17.2 Å². The molecule has 0 bridgehead atoms. The van der Waals surface area contributed by atoms with Gasteiger partial charge in [-0.25, -0.2) is 4.39 Å². The van der Waals surface area contributed by atoms with Gasteiger partial charge in [-0.05, 0) is 41.8 Å². The van der Waals surface area contributed by atoms with Gasteiger partial charge in [0, 0.05) is 18.7 Å². The molecule has 0 fully saturated rings. The van der Waals surface area contributed by atoms with Gasteiger partial charge in [0.25, 0.3) is 0 Å². The number of hydrogen-bond donors (Lipinski definition) is 1. The lowest BCUT2D eigenvalue weighted by molar-refractivity contribution is 0.588. The van der Waals surface area contributed by atoms with Gasteiger partial charge in [-0.1, -0.05) is 20.3 Å². The summed E-state index contributed by atoms with van der Waals surface area (Å²) in [5, 5.41) is 0. The average molecular weight is 317 g/mol. The number of nitrogen functional groups attached to an aromatic ring is 1. The van der Waals surface area contributed by atoms with Crippen molar-refractivity contribution in [1.82, 2.24) is 0 Å². The molecule has 0 aliphatic heterocycles. The number of hydrogen-bond acceptors (Lipinski definition) is 2. The van der Waals surface area contributed by atoms with E-state index in [1.807, 2.05) is 0 Å². The highest BCUT2D eigenvalue weighted by atomic mass is 79.9. The van der Waals surface area contributed by atoms with Gasteiger partial charge in [0.05, 0.1) is 15.8 Å². The lowest BCUT2D eigenvalue weighted by Gasteiger charge is -2.32. The van der Waals surface area contributed by atoms with Crippen molar-refractivity contribution in [2.24, 2.45) is 0 Å². The molecular weight excluding hydrogens is 295 g/mol. The zero-order valence-electron chi connectivity index (χ0n) is 11.3. The van der Waals surface area contributed by atoms with Crippen LogP contribution in [0.5, 0.6) is 0 Å². The van der Waals surface area contributed by atoms with E-state index in [4.69, 9.17) is 5.73 Å². The van der Waals surface area contributed by atoms with Crippen LogP contribution >= 0.6 is 15.9 Å². The monoisotopic (exact) mass is 316 g/mol. The number of unbranched alkanes of at least 4 members (excludes halogenated alkanes) is 1. The Labute approximate surface area is 117 Å². The smallest absolute Gasteiger partial charge is 0.139 e. The Morgan fingerprint density at radius 1 is 1.39 bits per heavy atom. The quantitative estimate of drug-likeness (QED) is 0.778. The van der Waals surface area contributed by atoms with Crippen molar-refractivity contribution in [3.63, 3.8) is 0 Å². The summed E-state index contributed by atoms with van der Waals surface area (Å²) in [4.78, 5) is 2.20. The van der Waals surface area contributed by atoms with Crippen LogP contribution in [0.3, 0.4) is 0 Å². The summed E-state index contributed by atoms with van der Waals surface area (Å²) in [6, 6.07) is 3.53. The highest BCUT2D eigenvalue weighted by Crippen LogP contribution is 2.31. The first kappa shape index (κ1) is 15.3. The van der Waals surface area contributed by atoms with Gasteiger partial charge in [0.1, 0.15) is 5.82 Å². The van der Waals surface area contributed by atoms with Crippen molar-refractivity contribution in [3.8, 4) is 0 Å². The van der Waals surface area contributed by atoms with Crippen molar-refractivity contribution in [1.29, 1.82) is 0 Å². The van der Waals surface area contributed by atoms with Gasteiger partial charge in [0.2, 0.25) is 0 Å². The molecule has 0 radical (unpaired) electrons. The Morgan fingerprint density at radius 3 is 2.61 bits per heavy atom. The maximum atomic E-state index is 13.7. The first-order valence-electron chi connectivity index (χ1n) is 6.52. The largest absolute Gasteiger partial charge is 0.397 e. The van der Waals surface area contributed by atoms with Gasteiger partial charge in [-0.15, -0.1) is 0 Å². The van der Waals surface area contributed by atoms with Crippen LogP contribution in [0.1, 0.15) is 40.0 Å². The SMILES string of the molecule is CCCCN(c1cc(F)c(Br)cc1N)C(C)CC. The van der Waals surface area contributed by atoms with Crippen LogP contribution in [0, 0.1) is 5.82 Å². The van der Waals surface area contributed by atoms with E-state index in [9.17, 15) is 4.39 Å². The molecule has 2 N–H and O–H groups in total. The fourth-order valence-corrected chi connectivity index (χ4v) is 2.29. The van der Waals surface area contributed by atoms with E-state index in [-0.39, 0.29) is 5.82 Å². The van der Waals surface area contributed by atoms with E-state index >= 15 is 0 Å². The van der Waals surface area contributed by atoms with Crippen molar-refractivity contribution < 1.29 is 4.39 Å². The Balaban J connectivity index is 3.07. The minimum Gasteiger partial charge on any atom is -0.397 e. The number of nitrogens with zero attached hydrogens (tertiary/aromatic N) is 1. The summed E-state index contributed by atoms with van der Waals surface area (Å²) >= 11 is 3.16. The molecule has 4 heteroatoms. The average Bonchev–Trinajstić information content (AvgIpc) is 2.35. The standard InChI is InChI=1S/C14H22BrFN2/c1-4-6-7-18(10(3)5-2)14-9-12(16)11(15)8-13(14)17/h8-10H,4-7,17H2,1-3H3. The minimum absolute atomic E-state index is 0.260. The normalized spacial score (nSPS) is 12.5. The summed E-state index contributed by atoms with van der Waals surface area (Å²) in [5.41, 5.74) is 7.45. The second-order valence-corrected chi connectivity index (χ2v) is 5.48. The van der Waals surface area contributed by atoms with Crippen molar-refractivity contribution in [3.05, 3.63) is 22.4 Å². The van der Waals surface area contributed by atoms with Gasteiger partial charge in [-0.3, -0.25) is 0 Å². The zero-order chi connectivity index (χ0) is 13.7. The minimum atomic E-state index is -0.260. The lowest BCUT2D eigenvalue weighted by atomic mass is 10.1. The predicted molar refractivity (Wildman–Crippen MR) is 80.5 cm³/mol. The molecule has 1 atom stereocenters. The summed E-state index contributed by atoms with van der Waals surface area (Å²) < 4.78 is 14.1. The third-order valence-corrected chi connectivity index (χ3v) is 3.86. The summed E-state index contributed by atoms with van der Waals surface area (Å²) in [7, 11) is 0. The molecule has 2 nitrogen and oxygen atoms in total. The van der Waals surface area contributed by atoms with Crippen LogP contribution < -0.4 is 10.6 Å². The van der Waals surface area contributed by atoms with Gasteiger partial charge in [-0.2, -0.15) is 0 Å². The molecule has 102 valence electrons. The Hall–Kier alpha value is -0.770. The maximum absolute atomic E-state index is 13.7. The Bertz CT molecular complexity index is 396.